The molecule has 16 heavy (non-hydrogen) atoms. The van der Waals surface area contributed by atoms with Gasteiger partial charge in [0.05, 0.1) is 0 Å². The van der Waals surface area contributed by atoms with Gasteiger partial charge in [-0.2, -0.15) is 5.10 Å². The standard InChI is InChI=1S/C11H17N3O2/c15-10-6-5-9(13-14-10)11(16)12-7-8-3-1-2-4-8/h8H,1-7H2,(H,12,16)(H,14,15). The van der Waals surface area contributed by atoms with Crippen molar-refractivity contribution in [3.63, 3.8) is 0 Å². The minimum Gasteiger partial charge on any atom is -0.351 e. The monoisotopic (exact) mass is 223 g/mol. The lowest BCUT2D eigenvalue weighted by atomic mass is 10.1. The first kappa shape index (κ1) is 11.1. The highest BCUT2D eigenvalue weighted by molar-refractivity contribution is 6.39. The number of hydrogen-bond acceptors (Lipinski definition) is 3. The fraction of sp³-hybridized carbons (Fsp3) is 0.727. The zero-order valence-electron chi connectivity index (χ0n) is 9.29. The molecule has 1 aliphatic heterocycles. The predicted octanol–water partition coefficient (Wildman–Crippen LogP) is 0.559. The molecule has 2 rings (SSSR count). The Morgan fingerprint density at radius 1 is 1.38 bits per heavy atom. The molecule has 2 aliphatic rings. The number of hydrogen-bond donors (Lipinski definition) is 2. The lowest BCUT2D eigenvalue weighted by Gasteiger charge is -2.14. The topological polar surface area (TPSA) is 70.6 Å². The van der Waals surface area contributed by atoms with Crippen molar-refractivity contribution in [1.29, 1.82) is 0 Å². The second-order valence-electron chi connectivity index (χ2n) is 4.45. The van der Waals surface area contributed by atoms with E-state index in [-0.39, 0.29) is 11.8 Å². The van der Waals surface area contributed by atoms with E-state index in [0.29, 0.717) is 24.5 Å². The highest BCUT2D eigenvalue weighted by atomic mass is 16.2. The Bertz CT molecular complexity index is 319. The molecule has 0 atom stereocenters. The van der Waals surface area contributed by atoms with Crippen molar-refractivity contribution in [3.8, 4) is 0 Å². The molecule has 0 aromatic heterocycles. The Kier molecular flexibility index (Phi) is 3.54. The number of carbonyl (C=O) groups is 2. The minimum absolute atomic E-state index is 0.118. The molecule has 0 saturated heterocycles. The molecule has 0 spiro atoms. The van der Waals surface area contributed by atoms with E-state index in [1.54, 1.807) is 0 Å². The summed E-state index contributed by atoms with van der Waals surface area (Å²) in [4.78, 5) is 22.5. The highest BCUT2D eigenvalue weighted by Crippen LogP contribution is 2.23. The molecule has 0 aromatic rings. The normalized spacial score (nSPS) is 21.5. The largest absolute Gasteiger partial charge is 0.351 e. The van der Waals surface area contributed by atoms with Crippen LogP contribution in [0.5, 0.6) is 0 Å². The molecule has 0 aromatic carbocycles. The summed E-state index contributed by atoms with van der Waals surface area (Å²) in [5.74, 6) is 0.377. The number of amides is 2. The highest BCUT2D eigenvalue weighted by Gasteiger charge is 2.20. The Balaban J connectivity index is 1.76. The van der Waals surface area contributed by atoms with E-state index in [2.05, 4.69) is 15.8 Å². The third-order valence-electron chi connectivity index (χ3n) is 3.19. The van der Waals surface area contributed by atoms with Crippen LogP contribution in [-0.4, -0.2) is 24.1 Å². The van der Waals surface area contributed by atoms with Gasteiger partial charge in [-0.05, 0) is 18.8 Å². The van der Waals surface area contributed by atoms with E-state index in [9.17, 15) is 9.59 Å². The zero-order chi connectivity index (χ0) is 11.4. The van der Waals surface area contributed by atoms with Gasteiger partial charge in [-0.1, -0.05) is 12.8 Å². The Hall–Kier alpha value is -1.39. The van der Waals surface area contributed by atoms with Gasteiger partial charge in [0.25, 0.3) is 5.91 Å². The first-order chi connectivity index (χ1) is 7.75. The molecule has 1 fully saturated rings. The molecule has 5 nitrogen and oxygen atoms in total. The summed E-state index contributed by atoms with van der Waals surface area (Å²) in [6.45, 7) is 0.742. The van der Waals surface area contributed by atoms with Gasteiger partial charge in [-0.25, -0.2) is 5.43 Å². The van der Waals surface area contributed by atoms with E-state index >= 15 is 0 Å². The Morgan fingerprint density at radius 2 is 2.12 bits per heavy atom. The SMILES string of the molecule is O=C1CCC(C(=O)NCC2CCCC2)=NN1. The van der Waals surface area contributed by atoms with Crippen molar-refractivity contribution in [2.45, 2.75) is 38.5 Å². The maximum Gasteiger partial charge on any atom is 0.267 e. The maximum absolute atomic E-state index is 11.7. The maximum atomic E-state index is 11.7. The van der Waals surface area contributed by atoms with E-state index in [0.717, 1.165) is 6.54 Å². The van der Waals surface area contributed by atoms with Crippen LogP contribution in [0.4, 0.5) is 0 Å². The van der Waals surface area contributed by atoms with E-state index in [4.69, 9.17) is 0 Å². The molecular formula is C11H17N3O2. The lowest BCUT2D eigenvalue weighted by molar-refractivity contribution is -0.121. The van der Waals surface area contributed by atoms with Gasteiger partial charge in [-0.15, -0.1) is 0 Å². The van der Waals surface area contributed by atoms with Crippen LogP contribution in [0.15, 0.2) is 5.10 Å². The number of rotatable bonds is 3. The quantitative estimate of drug-likeness (QED) is 0.734. The average molecular weight is 223 g/mol. The van der Waals surface area contributed by atoms with Crippen LogP contribution in [0.3, 0.4) is 0 Å². The molecule has 88 valence electrons. The number of nitrogens with zero attached hydrogens (tertiary/aromatic N) is 1. The van der Waals surface area contributed by atoms with E-state index in [1.807, 2.05) is 0 Å². The summed E-state index contributed by atoms with van der Waals surface area (Å²) < 4.78 is 0. The van der Waals surface area contributed by atoms with Gasteiger partial charge >= 0.3 is 0 Å². The summed E-state index contributed by atoms with van der Waals surface area (Å²) in [7, 11) is 0. The van der Waals surface area contributed by atoms with Crippen molar-refractivity contribution < 1.29 is 9.59 Å². The first-order valence-electron chi connectivity index (χ1n) is 5.89. The lowest BCUT2D eigenvalue weighted by Crippen LogP contribution is -2.38. The van der Waals surface area contributed by atoms with E-state index < -0.39 is 0 Å². The molecule has 0 radical (unpaired) electrons. The fourth-order valence-corrected chi connectivity index (χ4v) is 2.19. The summed E-state index contributed by atoms with van der Waals surface area (Å²) >= 11 is 0. The first-order valence-corrected chi connectivity index (χ1v) is 5.89. The zero-order valence-corrected chi connectivity index (χ0v) is 9.29. The van der Waals surface area contributed by atoms with Crippen molar-refractivity contribution in [2.24, 2.45) is 11.0 Å². The number of nitrogens with one attached hydrogen (secondary N) is 2. The minimum atomic E-state index is -0.133. The van der Waals surface area contributed by atoms with Crippen LogP contribution >= 0.6 is 0 Å². The van der Waals surface area contributed by atoms with Gasteiger partial charge in [0.15, 0.2) is 0 Å². The molecule has 2 N–H and O–H groups in total. The van der Waals surface area contributed by atoms with Crippen molar-refractivity contribution in [2.75, 3.05) is 6.54 Å². The van der Waals surface area contributed by atoms with Crippen molar-refractivity contribution >= 4 is 17.5 Å². The van der Waals surface area contributed by atoms with Crippen molar-refractivity contribution in [3.05, 3.63) is 0 Å². The second kappa shape index (κ2) is 5.09. The van der Waals surface area contributed by atoms with Crippen molar-refractivity contribution in [1.82, 2.24) is 10.7 Å². The van der Waals surface area contributed by atoms with E-state index in [1.165, 1.54) is 25.7 Å². The average Bonchev–Trinajstić information content (AvgIpc) is 2.80. The molecule has 2 amide bonds. The van der Waals surface area contributed by atoms with Gasteiger partial charge in [-0.3, -0.25) is 9.59 Å². The van der Waals surface area contributed by atoms with Crippen LogP contribution in [0, 0.1) is 5.92 Å². The number of carbonyl (C=O) groups excluding carboxylic acids is 2. The summed E-state index contributed by atoms with van der Waals surface area (Å²) in [6.07, 6.45) is 5.78. The molecule has 1 aliphatic carbocycles. The molecule has 1 saturated carbocycles. The fourth-order valence-electron chi connectivity index (χ4n) is 2.19. The predicted molar refractivity (Wildman–Crippen MR) is 59.8 cm³/mol. The molecular weight excluding hydrogens is 206 g/mol. The third-order valence-corrected chi connectivity index (χ3v) is 3.19. The third kappa shape index (κ3) is 2.81. The summed E-state index contributed by atoms with van der Waals surface area (Å²) in [6, 6.07) is 0. The smallest absolute Gasteiger partial charge is 0.267 e. The van der Waals surface area contributed by atoms with Crippen LogP contribution in [0.25, 0.3) is 0 Å². The molecule has 5 heteroatoms. The van der Waals surface area contributed by atoms with Crippen LogP contribution in [0.2, 0.25) is 0 Å². The van der Waals surface area contributed by atoms with Gasteiger partial charge < -0.3 is 5.32 Å². The summed E-state index contributed by atoms with van der Waals surface area (Å²) in [5, 5.41) is 6.65. The Morgan fingerprint density at radius 3 is 2.75 bits per heavy atom. The van der Waals surface area contributed by atoms with Crippen LogP contribution in [-0.2, 0) is 9.59 Å². The molecule has 1 heterocycles. The van der Waals surface area contributed by atoms with Crippen LogP contribution < -0.4 is 10.7 Å². The summed E-state index contributed by atoms with van der Waals surface area (Å²) in [5.41, 5.74) is 2.77. The molecule has 0 unspecified atom stereocenters. The van der Waals surface area contributed by atoms with Gasteiger partial charge in [0.2, 0.25) is 5.91 Å². The second-order valence-corrected chi connectivity index (χ2v) is 4.45. The van der Waals surface area contributed by atoms with Gasteiger partial charge in [0, 0.05) is 19.4 Å². The van der Waals surface area contributed by atoms with Crippen LogP contribution in [0.1, 0.15) is 38.5 Å². The molecule has 0 bridgehead atoms. The van der Waals surface area contributed by atoms with Gasteiger partial charge in [0.1, 0.15) is 5.71 Å². The number of hydrazone groups is 1. The Labute approximate surface area is 94.7 Å².